The highest BCUT2D eigenvalue weighted by Crippen LogP contribution is 2.35. The molecular weight excluding hydrogens is 224 g/mol. The van der Waals surface area contributed by atoms with Crippen LogP contribution in [-0.2, 0) is 0 Å². The van der Waals surface area contributed by atoms with Gasteiger partial charge in [-0.3, -0.25) is 4.99 Å². The van der Waals surface area contributed by atoms with E-state index < -0.39 is 0 Å². The van der Waals surface area contributed by atoms with Gasteiger partial charge in [0.2, 0.25) is 0 Å². The summed E-state index contributed by atoms with van der Waals surface area (Å²) in [6.07, 6.45) is 5.09. The Morgan fingerprint density at radius 1 is 1.50 bits per heavy atom. The number of hydrogen-bond donors (Lipinski definition) is 2. The molecule has 1 saturated carbocycles. The number of likely N-dealkylation sites (N-methyl/N-ethyl adjacent to an activating group) is 1. The third kappa shape index (κ3) is 4.16. The first-order valence-corrected chi connectivity index (χ1v) is 7.09. The molecule has 0 heterocycles. The summed E-state index contributed by atoms with van der Waals surface area (Å²) in [6.45, 7) is 7.30. The Balaban J connectivity index is 2.68. The fourth-order valence-electron chi connectivity index (χ4n) is 2.90. The van der Waals surface area contributed by atoms with Crippen LogP contribution in [0.5, 0.6) is 0 Å². The molecule has 0 aliphatic heterocycles. The summed E-state index contributed by atoms with van der Waals surface area (Å²) in [6, 6.07) is 0.342. The normalized spacial score (nSPS) is 29.9. The van der Waals surface area contributed by atoms with Gasteiger partial charge in [-0.25, -0.2) is 0 Å². The van der Waals surface area contributed by atoms with E-state index in [9.17, 15) is 0 Å². The molecule has 4 heteroatoms. The van der Waals surface area contributed by atoms with Crippen molar-refractivity contribution in [3.63, 3.8) is 0 Å². The third-order valence-corrected chi connectivity index (χ3v) is 4.00. The van der Waals surface area contributed by atoms with Gasteiger partial charge in [-0.2, -0.15) is 0 Å². The Morgan fingerprint density at radius 3 is 2.67 bits per heavy atom. The van der Waals surface area contributed by atoms with Crippen molar-refractivity contribution in [2.45, 2.75) is 58.0 Å². The first-order chi connectivity index (χ1) is 8.35. The third-order valence-electron chi connectivity index (χ3n) is 4.00. The predicted molar refractivity (Wildman–Crippen MR) is 78.8 cm³/mol. The minimum atomic E-state index is 0.195. The van der Waals surface area contributed by atoms with Crippen LogP contribution in [0.3, 0.4) is 0 Å². The van der Waals surface area contributed by atoms with Gasteiger partial charge in [0.25, 0.3) is 0 Å². The Bertz CT molecular complexity index is 286. The molecule has 0 aromatic carbocycles. The monoisotopic (exact) mass is 254 g/mol. The lowest BCUT2D eigenvalue weighted by atomic mass is 9.75. The molecule has 0 bridgehead atoms. The largest absolute Gasteiger partial charge is 0.370 e. The van der Waals surface area contributed by atoms with Crippen LogP contribution in [0, 0.1) is 5.92 Å². The second-order valence-corrected chi connectivity index (χ2v) is 6.32. The average Bonchev–Trinajstić information content (AvgIpc) is 2.25. The van der Waals surface area contributed by atoms with Crippen molar-refractivity contribution in [3.8, 4) is 0 Å². The molecule has 1 fully saturated rings. The lowest BCUT2D eigenvalue weighted by Crippen LogP contribution is -2.51. The molecule has 0 saturated heterocycles. The molecule has 1 rings (SSSR count). The van der Waals surface area contributed by atoms with E-state index in [0.29, 0.717) is 12.0 Å². The molecule has 0 aromatic rings. The van der Waals surface area contributed by atoms with Gasteiger partial charge in [0.05, 0.1) is 6.54 Å². The van der Waals surface area contributed by atoms with Crippen LogP contribution in [0.2, 0.25) is 0 Å². The standard InChI is InChI=1S/C14H30N4/c1-11(2)17-13(15)16-10-14(18(4)5)8-6-7-12(3)9-14/h11-12H,6-10H2,1-5H3,(H3,15,16,17). The fourth-order valence-corrected chi connectivity index (χ4v) is 2.90. The molecule has 4 nitrogen and oxygen atoms in total. The van der Waals surface area contributed by atoms with Gasteiger partial charge >= 0.3 is 0 Å². The Kier molecular flexibility index (Phi) is 5.45. The maximum atomic E-state index is 5.91. The van der Waals surface area contributed by atoms with Crippen LogP contribution >= 0.6 is 0 Å². The van der Waals surface area contributed by atoms with E-state index in [4.69, 9.17) is 5.73 Å². The summed E-state index contributed by atoms with van der Waals surface area (Å²) in [5.41, 5.74) is 6.10. The number of hydrogen-bond acceptors (Lipinski definition) is 2. The van der Waals surface area contributed by atoms with E-state index in [0.717, 1.165) is 12.5 Å². The summed E-state index contributed by atoms with van der Waals surface area (Å²) < 4.78 is 0. The molecule has 106 valence electrons. The number of rotatable bonds is 4. The van der Waals surface area contributed by atoms with Gasteiger partial charge < -0.3 is 16.0 Å². The van der Waals surface area contributed by atoms with Crippen LogP contribution in [0.25, 0.3) is 0 Å². The van der Waals surface area contributed by atoms with Crippen LogP contribution < -0.4 is 11.1 Å². The molecule has 0 amide bonds. The first kappa shape index (κ1) is 15.3. The number of guanidine groups is 1. The molecule has 0 radical (unpaired) electrons. The predicted octanol–water partition coefficient (Wildman–Crippen LogP) is 1.81. The maximum Gasteiger partial charge on any atom is 0.188 e. The lowest BCUT2D eigenvalue weighted by molar-refractivity contribution is 0.0845. The molecule has 0 spiro atoms. The summed E-state index contributed by atoms with van der Waals surface area (Å²) in [5, 5.41) is 3.16. The van der Waals surface area contributed by atoms with Gasteiger partial charge in [-0.1, -0.05) is 19.8 Å². The molecule has 2 unspecified atom stereocenters. The van der Waals surface area contributed by atoms with Crippen molar-refractivity contribution in [1.29, 1.82) is 0 Å². The van der Waals surface area contributed by atoms with Gasteiger partial charge in [0.15, 0.2) is 5.96 Å². The topological polar surface area (TPSA) is 53.6 Å². The summed E-state index contributed by atoms with van der Waals surface area (Å²) in [4.78, 5) is 6.90. The fraction of sp³-hybridized carbons (Fsp3) is 0.929. The van der Waals surface area contributed by atoms with Crippen molar-refractivity contribution in [3.05, 3.63) is 0 Å². The number of nitrogens with zero attached hydrogens (tertiary/aromatic N) is 2. The SMILES string of the molecule is CC1CCCC(CN=C(N)NC(C)C)(N(C)C)C1. The Morgan fingerprint density at radius 2 is 2.17 bits per heavy atom. The van der Waals surface area contributed by atoms with Gasteiger partial charge in [-0.15, -0.1) is 0 Å². The van der Waals surface area contributed by atoms with Crippen LogP contribution in [0.15, 0.2) is 4.99 Å². The van der Waals surface area contributed by atoms with Crippen molar-refractivity contribution in [1.82, 2.24) is 10.2 Å². The number of nitrogens with two attached hydrogens (primary N) is 1. The van der Waals surface area contributed by atoms with Crippen molar-refractivity contribution >= 4 is 5.96 Å². The lowest BCUT2D eigenvalue weighted by Gasteiger charge is -2.44. The highest BCUT2D eigenvalue weighted by molar-refractivity contribution is 5.78. The van der Waals surface area contributed by atoms with Gasteiger partial charge in [0, 0.05) is 11.6 Å². The number of nitrogens with one attached hydrogen (secondary N) is 1. The minimum Gasteiger partial charge on any atom is -0.370 e. The van der Waals surface area contributed by atoms with E-state index >= 15 is 0 Å². The molecule has 1 aliphatic carbocycles. The smallest absolute Gasteiger partial charge is 0.188 e. The summed E-state index contributed by atoms with van der Waals surface area (Å²) in [5.74, 6) is 1.36. The molecular formula is C14H30N4. The van der Waals surface area contributed by atoms with Crippen molar-refractivity contribution in [2.75, 3.05) is 20.6 Å². The first-order valence-electron chi connectivity index (χ1n) is 7.09. The molecule has 3 N–H and O–H groups in total. The zero-order valence-corrected chi connectivity index (χ0v) is 12.7. The van der Waals surface area contributed by atoms with Gasteiger partial charge in [-0.05, 0) is 46.7 Å². The van der Waals surface area contributed by atoms with Gasteiger partial charge in [0.1, 0.15) is 0 Å². The van der Waals surface area contributed by atoms with E-state index in [2.05, 4.69) is 50.1 Å². The van der Waals surface area contributed by atoms with E-state index in [1.807, 2.05) is 0 Å². The Hall–Kier alpha value is -0.770. The maximum absolute atomic E-state index is 5.91. The van der Waals surface area contributed by atoms with Crippen LogP contribution in [0.4, 0.5) is 0 Å². The molecule has 18 heavy (non-hydrogen) atoms. The van der Waals surface area contributed by atoms with Crippen LogP contribution in [0.1, 0.15) is 46.5 Å². The van der Waals surface area contributed by atoms with E-state index in [1.54, 1.807) is 0 Å². The summed E-state index contributed by atoms with van der Waals surface area (Å²) in [7, 11) is 4.33. The molecule has 1 aliphatic rings. The average molecular weight is 254 g/mol. The van der Waals surface area contributed by atoms with E-state index in [-0.39, 0.29) is 5.54 Å². The van der Waals surface area contributed by atoms with Crippen molar-refractivity contribution < 1.29 is 0 Å². The second kappa shape index (κ2) is 6.41. The summed E-state index contributed by atoms with van der Waals surface area (Å²) >= 11 is 0. The van der Waals surface area contributed by atoms with Crippen LogP contribution in [-0.4, -0.2) is 43.1 Å². The molecule has 2 atom stereocenters. The second-order valence-electron chi connectivity index (χ2n) is 6.32. The van der Waals surface area contributed by atoms with Crippen molar-refractivity contribution in [2.24, 2.45) is 16.6 Å². The zero-order valence-electron chi connectivity index (χ0n) is 12.7. The highest BCUT2D eigenvalue weighted by atomic mass is 15.2. The quantitative estimate of drug-likeness (QED) is 0.594. The number of aliphatic imine (C=N–C) groups is 1. The van der Waals surface area contributed by atoms with E-state index in [1.165, 1.54) is 25.7 Å². The Labute approximate surface area is 112 Å². The molecule has 0 aromatic heterocycles. The highest BCUT2D eigenvalue weighted by Gasteiger charge is 2.36. The zero-order chi connectivity index (χ0) is 13.8. The minimum absolute atomic E-state index is 0.195.